The van der Waals surface area contributed by atoms with E-state index in [-0.39, 0.29) is 42.5 Å². The Kier molecular flexibility index (Phi) is 5.13. The van der Waals surface area contributed by atoms with Gasteiger partial charge in [0.05, 0.1) is 28.7 Å². The summed E-state index contributed by atoms with van der Waals surface area (Å²) < 4.78 is 6.40. The summed E-state index contributed by atoms with van der Waals surface area (Å²) in [4.78, 5) is 42.8. The molecule has 4 rings (SSSR count). The van der Waals surface area contributed by atoms with Crippen LogP contribution in [0.4, 0.5) is 5.13 Å². The van der Waals surface area contributed by atoms with E-state index >= 15 is 0 Å². The zero-order valence-corrected chi connectivity index (χ0v) is 16.3. The first-order chi connectivity index (χ1) is 13.6. The maximum absolute atomic E-state index is 12.4. The Morgan fingerprint density at radius 3 is 2.64 bits per heavy atom. The minimum atomic E-state index is -0.266. The molecule has 1 aromatic heterocycles. The number of allylic oxidation sites excluding steroid dienone is 2. The summed E-state index contributed by atoms with van der Waals surface area (Å²) in [7, 11) is 0. The quantitative estimate of drug-likeness (QED) is 0.596. The van der Waals surface area contributed by atoms with Crippen LogP contribution in [0.2, 0.25) is 0 Å². The smallest absolute Gasteiger partial charge is 0.233 e. The zero-order chi connectivity index (χ0) is 19.7. The summed E-state index contributed by atoms with van der Waals surface area (Å²) in [6.45, 7) is 2.61. The van der Waals surface area contributed by atoms with Gasteiger partial charge in [0.25, 0.3) is 0 Å². The number of likely N-dealkylation sites (tertiary alicyclic amines) is 1. The van der Waals surface area contributed by atoms with E-state index in [1.54, 1.807) is 0 Å². The summed E-state index contributed by atoms with van der Waals surface area (Å²) in [5.74, 6) is -0.337. The molecule has 1 N–H and O–H groups in total. The summed E-state index contributed by atoms with van der Waals surface area (Å²) in [5, 5.41) is 3.26. The van der Waals surface area contributed by atoms with Crippen LogP contribution in [-0.2, 0) is 14.4 Å². The van der Waals surface area contributed by atoms with Gasteiger partial charge in [-0.1, -0.05) is 23.5 Å². The third-order valence-electron chi connectivity index (χ3n) is 5.08. The van der Waals surface area contributed by atoms with E-state index in [9.17, 15) is 14.4 Å². The third-order valence-corrected chi connectivity index (χ3v) is 6.01. The number of aromatic nitrogens is 1. The van der Waals surface area contributed by atoms with Crippen molar-refractivity contribution in [2.45, 2.75) is 26.2 Å². The molecule has 0 unspecified atom stereocenters. The summed E-state index contributed by atoms with van der Waals surface area (Å²) in [6, 6.07) is 5.59. The molecular formula is C20H21N3O4S. The first kappa shape index (κ1) is 18.6. The van der Waals surface area contributed by atoms with Gasteiger partial charge in [0.2, 0.25) is 17.7 Å². The van der Waals surface area contributed by atoms with Crippen LogP contribution in [0.3, 0.4) is 0 Å². The fraction of sp³-hybridized carbons (Fsp3) is 0.400. The number of imide groups is 1. The van der Waals surface area contributed by atoms with E-state index in [0.717, 1.165) is 16.0 Å². The number of ether oxygens (including phenoxy) is 1. The molecule has 2 aromatic rings. The summed E-state index contributed by atoms with van der Waals surface area (Å²) in [6.07, 6.45) is 5.17. The molecule has 1 aliphatic heterocycles. The average molecular weight is 399 g/mol. The standard InChI is InChI=1S/C20H21N3O4S/c1-2-27-12-7-8-15-16(11-12)28-20(21-15)22-17(24)9-10-23-18(25)13-5-3-4-6-14(13)19(23)26/h3-4,7-8,11,13-14H,2,5-6,9-10H2,1H3,(H,21,22,24)/t13-,14+. The number of hydrogen-bond donors (Lipinski definition) is 1. The normalized spacial score (nSPS) is 21.2. The predicted molar refractivity (Wildman–Crippen MR) is 106 cm³/mol. The largest absolute Gasteiger partial charge is 0.494 e. The molecule has 1 aromatic carbocycles. The third kappa shape index (κ3) is 3.52. The van der Waals surface area contributed by atoms with Gasteiger partial charge in [0.1, 0.15) is 5.75 Å². The molecule has 8 heteroatoms. The topological polar surface area (TPSA) is 88.6 Å². The molecule has 1 saturated heterocycles. The van der Waals surface area contributed by atoms with Crippen molar-refractivity contribution in [2.24, 2.45) is 11.8 Å². The highest BCUT2D eigenvalue weighted by atomic mass is 32.1. The molecule has 0 saturated carbocycles. The maximum Gasteiger partial charge on any atom is 0.233 e. The Hall–Kier alpha value is -2.74. The minimum Gasteiger partial charge on any atom is -0.494 e. The second-order valence-electron chi connectivity index (χ2n) is 6.86. The molecule has 1 fully saturated rings. The van der Waals surface area contributed by atoms with Crippen molar-refractivity contribution in [3.05, 3.63) is 30.4 Å². The van der Waals surface area contributed by atoms with Crippen LogP contribution in [0, 0.1) is 11.8 Å². The molecule has 2 atom stereocenters. The van der Waals surface area contributed by atoms with Gasteiger partial charge >= 0.3 is 0 Å². The highest BCUT2D eigenvalue weighted by molar-refractivity contribution is 7.22. The Morgan fingerprint density at radius 1 is 1.25 bits per heavy atom. The number of thiazole rings is 1. The number of carbonyl (C=O) groups excluding carboxylic acids is 3. The Morgan fingerprint density at radius 2 is 1.96 bits per heavy atom. The van der Waals surface area contributed by atoms with Gasteiger partial charge in [-0.25, -0.2) is 4.98 Å². The van der Waals surface area contributed by atoms with E-state index in [1.807, 2.05) is 37.3 Å². The van der Waals surface area contributed by atoms with Crippen molar-refractivity contribution >= 4 is 44.4 Å². The SMILES string of the molecule is CCOc1ccc2nc(NC(=O)CCN3C(=O)[C@H]4CC=CC[C@H]4C3=O)sc2c1. The lowest BCUT2D eigenvalue weighted by Crippen LogP contribution is -2.34. The van der Waals surface area contributed by atoms with Crippen LogP contribution < -0.4 is 10.1 Å². The summed E-state index contributed by atoms with van der Waals surface area (Å²) in [5.41, 5.74) is 0.783. The van der Waals surface area contributed by atoms with Crippen molar-refractivity contribution in [3.8, 4) is 5.75 Å². The van der Waals surface area contributed by atoms with Gasteiger partial charge in [-0.2, -0.15) is 0 Å². The number of amides is 3. The Balaban J connectivity index is 1.36. The number of anilines is 1. The second-order valence-corrected chi connectivity index (χ2v) is 7.89. The molecule has 2 heterocycles. The molecular weight excluding hydrogens is 378 g/mol. The molecule has 146 valence electrons. The van der Waals surface area contributed by atoms with Gasteiger partial charge < -0.3 is 10.1 Å². The highest BCUT2D eigenvalue weighted by Gasteiger charge is 2.46. The fourth-order valence-corrected chi connectivity index (χ4v) is 4.61. The number of benzene rings is 1. The fourth-order valence-electron chi connectivity index (χ4n) is 3.70. The molecule has 28 heavy (non-hydrogen) atoms. The molecule has 0 radical (unpaired) electrons. The van der Waals surface area contributed by atoms with Crippen LogP contribution in [0.25, 0.3) is 10.2 Å². The molecule has 7 nitrogen and oxygen atoms in total. The Labute approximate surface area is 166 Å². The Bertz CT molecular complexity index is 942. The van der Waals surface area contributed by atoms with E-state index in [4.69, 9.17) is 4.74 Å². The van der Waals surface area contributed by atoms with Gasteiger partial charge in [0.15, 0.2) is 5.13 Å². The lowest BCUT2D eigenvalue weighted by atomic mass is 9.85. The van der Waals surface area contributed by atoms with Crippen molar-refractivity contribution < 1.29 is 19.1 Å². The average Bonchev–Trinajstić information content (AvgIpc) is 3.19. The van der Waals surface area contributed by atoms with Crippen molar-refractivity contribution in [1.29, 1.82) is 0 Å². The van der Waals surface area contributed by atoms with Crippen molar-refractivity contribution in [2.75, 3.05) is 18.5 Å². The van der Waals surface area contributed by atoms with Crippen LogP contribution in [0.5, 0.6) is 5.75 Å². The van der Waals surface area contributed by atoms with Crippen LogP contribution in [-0.4, -0.2) is 40.8 Å². The minimum absolute atomic E-state index is 0.0600. The number of nitrogens with zero attached hydrogens (tertiary/aromatic N) is 2. The number of rotatable bonds is 6. The van der Waals surface area contributed by atoms with Crippen LogP contribution in [0.15, 0.2) is 30.4 Å². The number of nitrogens with one attached hydrogen (secondary N) is 1. The molecule has 2 aliphatic rings. The molecule has 3 amide bonds. The van der Waals surface area contributed by atoms with E-state index in [0.29, 0.717) is 24.6 Å². The van der Waals surface area contributed by atoms with Gasteiger partial charge in [-0.15, -0.1) is 0 Å². The second kappa shape index (κ2) is 7.71. The van der Waals surface area contributed by atoms with E-state index in [2.05, 4.69) is 10.3 Å². The van der Waals surface area contributed by atoms with Crippen LogP contribution in [0.1, 0.15) is 26.2 Å². The number of hydrogen-bond acceptors (Lipinski definition) is 6. The van der Waals surface area contributed by atoms with Gasteiger partial charge in [-0.05, 0) is 38.0 Å². The van der Waals surface area contributed by atoms with Crippen molar-refractivity contribution in [3.63, 3.8) is 0 Å². The van der Waals surface area contributed by atoms with Crippen LogP contribution >= 0.6 is 11.3 Å². The maximum atomic E-state index is 12.4. The lowest BCUT2D eigenvalue weighted by molar-refractivity contribution is -0.140. The summed E-state index contributed by atoms with van der Waals surface area (Å²) >= 11 is 1.36. The van der Waals surface area contributed by atoms with Gasteiger partial charge in [0, 0.05) is 13.0 Å². The van der Waals surface area contributed by atoms with Crippen molar-refractivity contribution in [1.82, 2.24) is 9.88 Å². The van der Waals surface area contributed by atoms with E-state index < -0.39 is 0 Å². The lowest BCUT2D eigenvalue weighted by Gasteiger charge is -2.14. The zero-order valence-electron chi connectivity index (χ0n) is 15.5. The number of fused-ring (bicyclic) bond motifs is 2. The monoisotopic (exact) mass is 399 g/mol. The predicted octanol–water partition coefficient (Wildman–Crippen LogP) is 2.97. The van der Waals surface area contributed by atoms with Gasteiger partial charge in [-0.3, -0.25) is 19.3 Å². The highest BCUT2D eigenvalue weighted by Crippen LogP contribution is 2.35. The molecule has 1 aliphatic carbocycles. The number of carbonyl (C=O) groups is 3. The van der Waals surface area contributed by atoms with E-state index in [1.165, 1.54) is 16.2 Å². The molecule has 0 spiro atoms. The first-order valence-corrected chi connectivity index (χ1v) is 10.2. The molecule has 0 bridgehead atoms. The first-order valence-electron chi connectivity index (χ1n) is 9.40.